The lowest BCUT2D eigenvalue weighted by Gasteiger charge is -2.33. The van der Waals surface area contributed by atoms with Gasteiger partial charge in [0.1, 0.15) is 12.1 Å². The minimum Gasteiger partial charge on any atom is -0.368 e. The fourth-order valence-electron chi connectivity index (χ4n) is 3.74. The SMILES string of the molecule is CCC(CC)(CNC(=NC)NCCNc1ncnc2c1cnn2C)c1ccccc1. The topological polar surface area (TPSA) is 92.1 Å². The Hall–Kier alpha value is -3.16. The van der Waals surface area contributed by atoms with Crippen molar-refractivity contribution >= 4 is 22.8 Å². The molecule has 0 amide bonds. The van der Waals surface area contributed by atoms with Gasteiger partial charge in [-0.05, 0) is 18.4 Å². The number of benzene rings is 1. The van der Waals surface area contributed by atoms with Gasteiger partial charge in [0.2, 0.25) is 0 Å². The van der Waals surface area contributed by atoms with Crippen molar-refractivity contribution in [1.82, 2.24) is 30.4 Å². The van der Waals surface area contributed by atoms with Crippen LogP contribution in [-0.4, -0.2) is 52.4 Å². The van der Waals surface area contributed by atoms with Gasteiger partial charge < -0.3 is 16.0 Å². The zero-order valence-corrected chi connectivity index (χ0v) is 18.3. The predicted octanol–water partition coefficient (Wildman–Crippen LogP) is 2.70. The summed E-state index contributed by atoms with van der Waals surface area (Å²) in [7, 11) is 3.67. The first kappa shape index (κ1) is 21.5. The van der Waals surface area contributed by atoms with Crippen LogP contribution < -0.4 is 16.0 Å². The largest absolute Gasteiger partial charge is 0.368 e. The number of aromatic nitrogens is 4. The third-order valence-corrected chi connectivity index (χ3v) is 5.80. The second-order valence-corrected chi connectivity index (χ2v) is 7.36. The molecule has 0 saturated heterocycles. The monoisotopic (exact) mass is 408 g/mol. The van der Waals surface area contributed by atoms with Crippen LogP contribution in [0.25, 0.3) is 11.0 Å². The maximum Gasteiger partial charge on any atom is 0.191 e. The molecule has 1 aromatic carbocycles. The lowest BCUT2D eigenvalue weighted by Crippen LogP contribution is -2.46. The molecule has 2 heterocycles. The van der Waals surface area contributed by atoms with Gasteiger partial charge in [0.05, 0.1) is 11.6 Å². The average molecular weight is 409 g/mol. The van der Waals surface area contributed by atoms with Gasteiger partial charge in [0.25, 0.3) is 0 Å². The lowest BCUT2D eigenvalue weighted by atomic mass is 9.76. The maximum atomic E-state index is 4.38. The number of nitrogens with zero attached hydrogens (tertiary/aromatic N) is 5. The first-order valence-electron chi connectivity index (χ1n) is 10.5. The highest BCUT2D eigenvalue weighted by atomic mass is 15.3. The van der Waals surface area contributed by atoms with E-state index in [-0.39, 0.29) is 5.41 Å². The Bertz CT molecular complexity index is 960. The van der Waals surface area contributed by atoms with Crippen molar-refractivity contribution in [3.05, 3.63) is 48.4 Å². The zero-order chi connectivity index (χ0) is 21.4. The maximum absolute atomic E-state index is 4.38. The van der Waals surface area contributed by atoms with Gasteiger partial charge in [-0.1, -0.05) is 44.2 Å². The molecule has 0 fully saturated rings. The molecule has 2 aromatic heterocycles. The minimum absolute atomic E-state index is 0.0873. The van der Waals surface area contributed by atoms with Crippen LogP contribution in [0.2, 0.25) is 0 Å². The Kier molecular flexibility index (Phi) is 7.21. The van der Waals surface area contributed by atoms with E-state index in [2.05, 4.69) is 80.2 Å². The van der Waals surface area contributed by atoms with Crippen molar-refractivity contribution in [2.75, 3.05) is 32.0 Å². The standard InChI is InChI=1S/C22H32N8/c1-5-22(6-2,17-10-8-7-9-11-17)15-26-21(23-3)25-13-12-24-19-18-14-29-30(4)20(18)28-16-27-19/h7-11,14,16H,5-6,12-13,15H2,1-4H3,(H2,23,25,26)(H,24,27,28). The first-order valence-corrected chi connectivity index (χ1v) is 10.5. The Morgan fingerprint density at radius 3 is 2.53 bits per heavy atom. The molecule has 0 aliphatic heterocycles. The van der Waals surface area contributed by atoms with E-state index in [9.17, 15) is 0 Å². The van der Waals surface area contributed by atoms with Crippen LogP contribution in [0.1, 0.15) is 32.3 Å². The fraction of sp³-hybridized carbons (Fsp3) is 0.455. The lowest BCUT2D eigenvalue weighted by molar-refractivity contribution is 0.389. The molecule has 0 unspecified atom stereocenters. The average Bonchev–Trinajstić information content (AvgIpc) is 3.18. The Morgan fingerprint density at radius 1 is 1.07 bits per heavy atom. The summed E-state index contributed by atoms with van der Waals surface area (Å²) in [5, 5.41) is 15.4. The molecule has 0 aliphatic rings. The van der Waals surface area contributed by atoms with Gasteiger partial charge in [0.15, 0.2) is 11.6 Å². The molecule has 160 valence electrons. The van der Waals surface area contributed by atoms with Crippen molar-refractivity contribution in [3.63, 3.8) is 0 Å². The highest BCUT2D eigenvalue weighted by molar-refractivity contribution is 5.86. The highest BCUT2D eigenvalue weighted by Crippen LogP contribution is 2.30. The van der Waals surface area contributed by atoms with Crippen molar-refractivity contribution < 1.29 is 0 Å². The number of anilines is 1. The number of hydrogen-bond donors (Lipinski definition) is 3. The number of fused-ring (bicyclic) bond motifs is 1. The van der Waals surface area contributed by atoms with Crippen LogP contribution in [-0.2, 0) is 12.5 Å². The molecule has 8 heteroatoms. The molecule has 0 aliphatic carbocycles. The van der Waals surface area contributed by atoms with Crippen molar-refractivity contribution in [2.24, 2.45) is 12.0 Å². The molecule has 0 saturated carbocycles. The van der Waals surface area contributed by atoms with E-state index in [0.717, 1.165) is 42.2 Å². The second-order valence-electron chi connectivity index (χ2n) is 7.36. The summed E-state index contributed by atoms with van der Waals surface area (Å²) in [5.41, 5.74) is 2.27. The van der Waals surface area contributed by atoms with Gasteiger partial charge in [-0.2, -0.15) is 5.10 Å². The molecule has 0 radical (unpaired) electrons. The van der Waals surface area contributed by atoms with Crippen LogP contribution in [0.3, 0.4) is 0 Å². The van der Waals surface area contributed by atoms with Crippen LogP contribution in [0.5, 0.6) is 0 Å². The summed E-state index contributed by atoms with van der Waals surface area (Å²) >= 11 is 0. The smallest absolute Gasteiger partial charge is 0.191 e. The molecule has 30 heavy (non-hydrogen) atoms. The molecule has 0 spiro atoms. The van der Waals surface area contributed by atoms with E-state index in [4.69, 9.17) is 0 Å². The molecular formula is C22H32N8. The first-order chi connectivity index (χ1) is 14.6. The third-order valence-electron chi connectivity index (χ3n) is 5.80. The normalized spacial score (nSPS) is 12.2. The quantitative estimate of drug-likeness (QED) is 0.286. The Balaban J connectivity index is 1.53. The molecule has 3 N–H and O–H groups in total. The van der Waals surface area contributed by atoms with Crippen LogP contribution >= 0.6 is 0 Å². The molecule has 8 nitrogen and oxygen atoms in total. The number of hydrogen-bond acceptors (Lipinski definition) is 5. The number of rotatable bonds is 9. The summed E-state index contributed by atoms with van der Waals surface area (Å²) in [5.74, 6) is 1.59. The van der Waals surface area contributed by atoms with Gasteiger partial charge in [0, 0.05) is 39.1 Å². The number of guanidine groups is 1. The molecule has 0 atom stereocenters. The van der Waals surface area contributed by atoms with Crippen LogP contribution in [0, 0.1) is 0 Å². The van der Waals surface area contributed by atoms with Gasteiger partial charge in [-0.25, -0.2) is 9.97 Å². The van der Waals surface area contributed by atoms with E-state index in [1.807, 2.05) is 7.05 Å². The summed E-state index contributed by atoms with van der Waals surface area (Å²) in [4.78, 5) is 13.0. The van der Waals surface area contributed by atoms with Crippen molar-refractivity contribution in [1.29, 1.82) is 0 Å². The van der Waals surface area contributed by atoms with Crippen LogP contribution in [0.4, 0.5) is 5.82 Å². The summed E-state index contributed by atoms with van der Waals surface area (Å²) in [6.07, 6.45) is 5.46. The zero-order valence-electron chi connectivity index (χ0n) is 18.3. The van der Waals surface area contributed by atoms with E-state index in [1.54, 1.807) is 24.3 Å². The predicted molar refractivity (Wildman–Crippen MR) is 123 cm³/mol. The van der Waals surface area contributed by atoms with E-state index in [0.29, 0.717) is 13.1 Å². The number of aryl methyl sites for hydroxylation is 1. The summed E-state index contributed by atoms with van der Waals surface area (Å²) in [6, 6.07) is 10.7. The summed E-state index contributed by atoms with van der Waals surface area (Å²) in [6.45, 7) is 6.74. The third kappa shape index (κ3) is 4.69. The minimum atomic E-state index is 0.0873. The van der Waals surface area contributed by atoms with Crippen molar-refractivity contribution in [3.8, 4) is 0 Å². The highest BCUT2D eigenvalue weighted by Gasteiger charge is 2.28. The van der Waals surface area contributed by atoms with Gasteiger partial charge in [-0.3, -0.25) is 9.67 Å². The number of nitrogens with one attached hydrogen (secondary N) is 3. The number of aliphatic imine (C=N–C) groups is 1. The molecule has 0 bridgehead atoms. The molecule has 3 rings (SSSR count). The van der Waals surface area contributed by atoms with E-state index < -0.39 is 0 Å². The Morgan fingerprint density at radius 2 is 1.83 bits per heavy atom. The van der Waals surface area contributed by atoms with Gasteiger partial charge in [-0.15, -0.1) is 0 Å². The molecular weight excluding hydrogens is 376 g/mol. The van der Waals surface area contributed by atoms with E-state index in [1.165, 1.54) is 5.56 Å². The fourth-order valence-corrected chi connectivity index (χ4v) is 3.74. The van der Waals surface area contributed by atoms with E-state index >= 15 is 0 Å². The Labute approximate surface area is 178 Å². The second kappa shape index (κ2) is 10.0. The van der Waals surface area contributed by atoms with Crippen molar-refractivity contribution in [2.45, 2.75) is 32.1 Å². The van der Waals surface area contributed by atoms with Gasteiger partial charge >= 0.3 is 0 Å². The summed E-state index contributed by atoms with van der Waals surface area (Å²) < 4.78 is 1.74. The molecule has 3 aromatic rings. The van der Waals surface area contributed by atoms with Crippen LogP contribution in [0.15, 0.2) is 47.8 Å².